The van der Waals surface area contributed by atoms with E-state index in [4.69, 9.17) is 9.15 Å². The van der Waals surface area contributed by atoms with Gasteiger partial charge in [-0.1, -0.05) is 12.1 Å². The zero-order valence-electron chi connectivity index (χ0n) is 15.0. The van der Waals surface area contributed by atoms with Gasteiger partial charge in [0.1, 0.15) is 11.3 Å². The fourth-order valence-electron chi connectivity index (χ4n) is 3.84. The quantitative estimate of drug-likeness (QED) is 0.705. The summed E-state index contributed by atoms with van der Waals surface area (Å²) < 4.78 is 11.2. The SMILES string of the molecule is CN1C(=O)COc2cc3c(cc21)[C@@H](c1coc2ccccc2c1=O)CC(=O)N3. The van der Waals surface area contributed by atoms with E-state index in [1.807, 2.05) is 0 Å². The minimum absolute atomic E-state index is 0.0477. The Morgan fingerprint density at radius 2 is 1.93 bits per heavy atom. The maximum absolute atomic E-state index is 13.1. The van der Waals surface area contributed by atoms with Crippen LogP contribution in [0, 0.1) is 0 Å². The van der Waals surface area contributed by atoms with Gasteiger partial charge in [-0.25, -0.2) is 0 Å². The summed E-state index contributed by atoms with van der Waals surface area (Å²) in [6.45, 7) is -0.0477. The largest absolute Gasteiger partial charge is 0.481 e. The number of hydrogen-bond acceptors (Lipinski definition) is 5. The van der Waals surface area contributed by atoms with Gasteiger partial charge in [-0.05, 0) is 23.8 Å². The van der Waals surface area contributed by atoms with Crippen LogP contribution in [0.2, 0.25) is 0 Å². The Kier molecular flexibility index (Phi) is 3.52. The second-order valence-electron chi connectivity index (χ2n) is 6.97. The van der Waals surface area contributed by atoms with Crippen molar-refractivity contribution >= 4 is 34.2 Å². The van der Waals surface area contributed by atoms with Crippen LogP contribution >= 0.6 is 0 Å². The lowest BCUT2D eigenvalue weighted by atomic mass is 9.84. The molecule has 0 unspecified atom stereocenters. The first-order chi connectivity index (χ1) is 13.5. The molecule has 140 valence electrons. The number of carbonyl (C=O) groups is 2. The smallest absolute Gasteiger partial charge is 0.264 e. The van der Waals surface area contributed by atoms with Crippen molar-refractivity contribution in [3.8, 4) is 5.75 Å². The highest BCUT2D eigenvalue weighted by Gasteiger charge is 2.33. The molecule has 1 atom stereocenters. The van der Waals surface area contributed by atoms with Gasteiger partial charge >= 0.3 is 0 Å². The zero-order chi connectivity index (χ0) is 19.4. The predicted molar refractivity (Wildman–Crippen MR) is 103 cm³/mol. The maximum atomic E-state index is 13.1. The van der Waals surface area contributed by atoms with Crippen molar-refractivity contribution in [2.75, 3.05) is 23.9 Å². The summed E-state index contributed by atoms with van der Waals surface area (Å²) >= 11 is 0. The second kappa shape index (κ2) is 5.95. The molecule has 3 heterocycles. The summed E-state index contributed by atoms with van der Waals surface area (Å²) in [6.07, 6.45) is 1.55. The number of ether oxygens (including phenoxy) is 1. The van der Waals surface area contributed by atoms with Gasteiger partial charge in [0.25, 0.3) is 5.91 Å². The average Bonchev–Trinajstić information content (AvgIpc) is 2.70. The van der Waals surface area contributed by atoms with Crippen LogP contribution in [0.3, 0.4) is 0 Å². The minimum Gasteiger partial charge on any atom is -0.481 e. The van der Waals surface area contributed by atoms with E-state index in [0.717, 1.165) is 5.56 Å². The number of benzene rings is 2. The molecule has 0 aliphatic carbocycles. The summed E-state index contributed by atoms with van der Waals surface area (Å²) in [6, 6.07) is 10.5. The van der Waals surface area contributed by atoms with E-state index in [-0.39, 0.29) is 30.3 Å². The van der Waals surface area contributed by atoms with Gasteiger partial charge in [0.05, 0.1) is 17.3 Å². The molecule has 0 bridgehead atoms. The molecule has 2 amide bonds. The van der Waals surface area contributed by atoms with Gasteiger partial charge in [-0.3, -0.25) is 14.4 Å². The van der Waals surface area contributed by atoms with Gasteiger partial charge in [-0.15, -0.1) is 0 Å². The number of rotatable bonds is 1. The lowest BCUT2D eigenvalue weighted by molar-refractivity contribution is -0.121. The molecule has 1 N–H and O–H groups in total. The van der Waals surface area contributed by atoms with Crippen molar-refractivity contribution in [3.63, 3.8) is 0 Å². The van der Waals surface area contributed by atoms with E-state index >= 15 is 0 Å². The molecule has 1 aromatic heterocycles. The standard InChI is InChI=1S/C21H16N2O5/c1-23-16-6-13-12(14-9-27-17-5-3-2-4-11(17)21(14)26)7-19(24)22-15(13)8-18(16)28-10-20(23)25/h2-6,8-9,12H,7,10H2,1H3,(H,22,24)/t12-/m0/s1. The van der Waals surface area contributed by atoms with Crippen LogP contribution in [0.4, 0.5) is 11.4 Å². The zero-order valence-corrected chi connectivity index (χ0v) is 15.0. The summed E-state index contributed by atoms with van der Waals surface area (Å²) in [5, 5.41) is 3.31. The van der Waals surface area contributed by atoms with Crippen LogP contribution in [0.25, 0.3) is 11.0 Å². The van der Waals surface area contributed by atoms with E-state index in [2.05, 4.69) is 5.32 Å². The van der Waals surface area contributed by atoms with E-state index in [0.29, 0.717) is 33.7 Å². The molecular weight excluding hydrogens is 360 g/mol. The highest BCUT2D eigenvalue weighted by Crippen LogP contribution is 2.43. The van der Waals surface area contributed by atoms with E-state index in [1.165, 1.54) is 11.2 Å². The van der Waals surface area contributed by atoms with Gasteiger partial charge in [0.2, 0.25) is 5.91 Å². The highest BCUT2D eigenvalue weighted by molar-refractivity contribution is 6.00. The van der Waals surface area contributed by atoms with Crippen LogP contribution in [-0.2, 0) is 9.59 Å². The molecule has 0 spiro atoms. The lowest BCUT2D eigenvalue weighted by Gasteiger charge is -2.31. The van der Waals surface area contributed by atoms with Crippen LogP contribution in [0.1, 0.15) is 23.5 Å². The van der Waals surface area contributed by atoms with Crippen LogP contribution in [-0.4, -0.2) is 25.5 Å². The molecule has 0 saturated heterocycles. The summed E-state index contributed by atoms with van der Waals surface area (Å²) in [5.41, 5.74) is 2.70. The summed E-state index contributed by atoms with van der Waals surface area (Å²) in [5.74, 6) is -0.299. The summed E-state index contributed by atoms with van der Waals surface area (Å²) in [4.78, 5) is 38.9. The molecular formula is C21H16N2O5. The number of likely N-dealkylation sites (N-methyl/N-ethyl adjacent to an activating group) is 1. The van der Waals surface area contributed by atoms with Crippen molar-refractivity contribution < 1.29 is 18.7 Å². The molecule has 5 rings (SSSR count). The summed E-state index contributed by atoms with van der Waals surface area (Å²) in [7, 11) is 1.68. The fraction of sp³-hybridized carbons (Fsp3) is 0.190. The Morgan fingerprint density at radius 3 is 2.79 bits per heavy atom. The van der Waals surface area contributed by atoms with Crippen molar-refractivity contribution in [2.24, 2.45) is 0 Å². The number of hydrogen-bond donors (Lipinski definition) is 1. The molecule has 0 fully saturated rings. The first kappa shape index (κ1) is 16.6. The van der Waals surface area contributed by atoms with Crippen molar-refractivity contribution in [3.05, 3.63) is 64.0 Å². The van der Waals surface area contributed by atoms with Gasteiger partial charge in [-0.2, -0.15) is 0 Å². The average molecular weight is 376 g/mol. The molecule has 2 aliphatic rings. The van der Waals surface area contributed by atoms with Crippen LogP contribution in [0.5, 0.6) is 5.75 Å². The molecule has 0 radical (unpaired) electrons. The van der Waals surface area contributed by atoms with Crippen molar-refractivity contribution in [1.82, 2.24) is 0 Å². The molecule has 7 nitrogen and oxygen atoms in total. The topological polar surface area (TPSA) is 88.9 Å². The Labute approximate surface area is 159 Å². The number of para-hydroxylation sites is 1. The van der Waals surface area contributed by atoms with Gasteiger partial charge < -0.3 is 19.4 Å². The molecule has 2 aromatic carbocycles. The number of anilines is 2. The third kappa shape index (κ3) is 2.40. The number of amides is 2. The first-order valence-corrected chi connectivity index (χ1v) is 8.90. The van der Waals surface area contributed by atoms with E-state index < -0.39 is 5.92 Å². The Balaban J connectivity index is 1.71. The van der Waals surface area contributed by atoms with E-state index in [9.17, 15) is 14.4 Å². The van der Waals surface area contributed by atoms with Crippen molar-refractivity contribution in [2.45, 2.75) is 12.3 Å². The molecule has 7 heteroatoms. The van der Waals surface area contributed by atoms with Crippen molar-refractivity contribution in [1.29, 1.82) is 0 Å². The Morgan fingerprint density at radius 1 is 1.11 bits per heavy atom. The lowest BCUT2D eigenvalue weighted by Crippen LogP contribution is -2.36. The molecule has 0 saturated carbocycles. The molecule has 2 aliphatic heterocycles. The Bertz CT molecular complexity index is 1210. The number of nitrogens with zero attached hydrogens (tertiary/aromatic N) is 1. The molecule has 28 heavy (non-hydrogen) atoms. The van der Waals surface area contributed by atoms with Gasteiger partial charge in [0.15, 0.2) is 12.0 Å². The monoisotopic (exact) mass is 376 g/mol. The highest BCUT2D eigenvalue weighted by atomic mass is 16.5. The number of nitrogens with one attached hydrogen (secondary N) is 1. The Hall–Kier alpha value is -3.61. The fourth-order valence-corrected chi connectivity index (χ4v) is 3.84. The van der Waals surface area contributed by atoms with Crippen LogP contribution in [0.15, 0.2) is 51.9 Å². The normalized spacial score (nSPS) is 18.3. The second-order valence-corrected chi connectivity index (χ2v) is 6.97. The third-order valence-electron chi connectivity index (χ3n) is 5.34. The van der Waals surface area contributed by atoms with E-state index in [1.54, 1.807) is 43.4 Å². The molecule has 3 aromatic rings. The van der Waals surface area contributed by atoms with Gasteiger partial charge in [0, 0.05) is 36.7 Å². The third-order valence-corrected chi connectivity index (χ3v) is 5.34. The number of fused-ring (bicyclic) bond motifs is 3. The maximum Gasteiger partial charge on any atom is 0.264 e. The number of carbonyl (C=O) groups excluding carboxylic acids is 2. The minimum atomic E-state index is -0.472. The van der Waals surface area contributed by atoms with Crippen LogP contribution < -0.4 is 20.4 Å². The first-order valence-electron chi connectivity index (χ1n) is 8.90. The predicted octanol–water partition coefficient (Wildman–Crippen LogP) is 2.62.